The quantitative estimate of drug-likeness (QED) is 0.749. The van der Waals surface area contributed by atoms with Gasteiger partial charge in [0.1, 0.15) is 6.10 Å². The van der Waals surface area contributed by atoms with Gasteiger partial charge in [-0.1, -0.05) is 18.2 Å². The predicted octanol–water partition coefficient (Wildman–Crippen LogP) is 2.33. The number of fused-ring (bicyclic) bond motifs is 2. The van der Waals surface area contributed by atoms with Crippen LogP contribution in [0.3, 0.4) is 0 Å². The van der Waals surface area contributed by atoms with Crippen LogP contribution in [0.2, 0.25) is 0 Å². The molecule has 3 nitrogen and oxygen atoms in total. The highest BCUT2D eigenvalue weighted by atomic mass is 16.5. The van der Waals surface area contributed by atoms with Crippen molar-refractivity contribution in [1.82, 2.24) is 4.90 Å². The summed E-state index contributed by atoms with van der Waals surface area (Å²) in [5, 5.41) is 0. The zero-order chi connectivity index (χ0) is 12.5. The molecule has 1 saturated heterocycles. The van der Waals surface area contributed by atoms with E-state index in [9.17, 15) is 4.79 Å². The minimum Gasteiger partial charge on any atom is -0.459 e. The molecule has 0 radical (unpaired) electrons. The lowest BCUT2D eigenvalue weighted by atomic mass is 9.88. The van der Waals surface area contributed by atoms with Crippen LogP contribution in [0, 0.1) is 5.92 Å². The molecule has 3 rings (SSSR count). The Kier molecular flexibility index (Phi) is 3.08. The van der Waals surface area contributed by atoms with E-state index < -0.39 is 0 Å². The van der Waals surface area contributed by atoms with Crippen molar-refractivity contribution in [1.29, 1.82) is 0 Å². The van der Waals surface area contributed by atoms with Crippen LogP contribution in [0.1, 0.15) is 29.6 Å². The zero-order valence-electron chi connectivity index (χ0n) is 10.7. The highest BCUT2D eigenvalue weighted by Crippen LogP contribution is 2.36. The van der Waals surface area contributed by atoms with Gasteiger partial charge in [0, 0.05) is 12.6 Å². The van der Waals surface area contributed by atoms with Crippen LogP contribution < -0.4 is 0 Å². The minimum absolute atomic E-state index is 0.103. The van der Waals surface area contributed by atoms with E-state index in [2.05, 4.69) is 11.9 Å². The number of rotatable bonds is 2. The minimum atomic E-state index is -0.176. The molecule has 2 aliphatic rings. The number of ether oxygens (including phenoxy) is 1. The van der Waals surface area contributed by atoms with Gasteiger partial charge in [-0.3, -0.25) is 0 Å². The van der Waals surface area contributed by atoms with Crippen LogP contribution in [0.15, 0.2) is 30.3 Å². The number of hydrogen-bond donors (Lipinski definition) is 0. The molecule has 2 bridgehead atoms. The van der Waals surface area contributed by atoms with E-state index >= 15 is 0 Å². The fourth-order valence-corrected chi connectivity index (χ4v) is 3.30. The first kappa shape index (κ1) is 11.7. The molecule has 1 aromatic rings. The number of likely N-dealkylation sites (tertiary alicyclic amines) is 1. The molecular formula is C15H19NO2. The topological polar surface area (TPSA) is 29.5 Å². The van der Waals surface area contributed by atoms with Gasteiger partial charge in [0.15, 0.2) is 0 Å². The standard InChI is InChI=1S/C15H19NO2/c1-16-10-11-7-13(16)9-14(8-11)18-15(17)12-5-3-2-4-6-12/h2-6,11,13-14H,7-10H2,1H3/t11?,13-,14+/m0/s1. The fourth-order valence-electron chi connectivity index (χ4n) is 3.30. The Balaban J connectivity index is 1.63. The SMILES string of the molecule is CN1CC2C[C@@H](OC(=O)c3ccccc3)C[C@@H]1C2. The van der Waals surface area contributed by atoms with Crippen molar-refractivity contribution in [2.75, 3.05) is 13.6 Å². The second-order valence-electron chi connectivity index (χ2n) is 5.56. The third-order valence-corrected chi connectivity index (χ3v) is 4.19. The van der Waals surface area contributed by atoms with Gasteiger partial charge < -0.3 is 9.64 Å². The average Bonchev–Trinajstić information content (AvgIpc) is 2.64. The smallest absolute Gasteiger partial charge is 0.338 e. The number of nitrogens with zero attached hydrogens (tertiary/aromatic N) is 1. The van der Waals surface area contributed by atoms with E-state index in [1.165, 1.54) is 6.42 Å². The summed E-state index contributed by atoms with van der Waals surface area (Å²) in [6.45, 7) is 1.16. The second-order valence-corrected chi connectivity index (χ2v) is 5.56. The van der Waals surface area contributed by atoms with Crippen LogP contribution in [-0.4, -0.2) is 36.6 Å². The third kappa shape index (κ3) is 2.27. The van der Waals surface area contributed by atoms with Gasteiger partial charge >= 0.3 is 5.97 Å². The number of carbonyl (C=O) groups is 1. The normalized spacial score (nSPS) is 31.3. The predicted molar refractivity (Wildman–Crippen MR) is 69.4 cm³/mol. The van der Waals surface area contributed by atoms with Crippen molar-refractivity contribution < 1.29 is 9.53 Å². The number of hydrogen-bond acceptors (Lipinski definition) is 3. The molecule has 0 aromatic heterocycles. The zero-order valence-corrected chi connectivity index (χ0v) is 10.7. The van der Waals surface area contributed by atoms with Crippen LogP contribution in [-0.2, 0) is 4.74 Å². The molecule has 1 aliphatic carbocycles. The van der Waals surface area contributed by atoms with E-state index in [1.54, 1.807) is 0 Å². The first-order valence-corrected chi connectivity index (χ1v) is 6.68. The maximum atomic E-state index is 12.0. The molecule has 1 unspecified atom stereocenters. The maximum absolute atomic E-state index is 12.0. The summed E-state index contributed by atoms with van der Waals surface area (Å²) in [6, 6.07) is 9.88. The van der Waals surface area contributed by atoms with E-state index in [0.717, 1.165) is 19.4 Å². The molecular weight excluding hydrogens is 226 g/mol. The molecule has 1 aliphatic heterocycles. The Bertz CT molecular complexity index is 429. The molecule has 3 atom stereocenters. The van der Waals surface area contributed by atoms with E-state index in [0.29, 0.717) is 17.5 Å². The Morgan fingerprint density at radius 2 is 2.00 bits per heavy atom. The third-order valence-electron chi connectivity index (χ3n) is 4.19. The van der Waals surface area contributed by atoms with Gasteiger partial charge in [-0.15, -0.1) is 0 Å². The summed E-state index contributed by atoms with van der Waals surface area (Å²) in [7, 11) is 2.17. The number of esters is 1. The molecule has 18 heavy (non-hydrogen) atoms. The summed E-state index contributed by atoms with van der Waals surface area (Å²) < 4.78 is 5.64. The van der Waals surface area contributed by atoms with Crippen LogP contribution >= 0.6 is 0 Å². The van der Waals surface area contributed by atoms with Gasteiger partial charge in [-0.25, -0.2) is 4.79 Å². The molecule has 96 valence electrons. The van der Waals surface area contributed by atoms with Gasteiger partial charge in [0.25, 0.3) is 0 Å². The monoisotopic (exact) mass is 245 g/mol. The molecule has 0 spiro atoms. The summed E-state index contributed by atoms with van der Waals surface area (Å²) in [5.74, 6) is 0.534. The number of benzene rings is 1. The molecule has 3 heteroatoms. The van der Waals surface area contributed by atoms with Crippen LogP contribution in [0.5, 0.6) is 0 Å². The van der Waals surface area contributed by atoms with Gasteiger partial charge in [-0.2, -0.15) is 0 Å². The lowest BCUT2D eigenvalue weighted by Gasteiger charge is -2.28. The molecule has 1 saturated carbocycles. The van der Waals surface area contributed by atoms with E-state index in [-0.39, 0.29) is 12.1 Å². The Labute approximate surface area is 108 Å². The van der Waals surface area contributed by atoms with Crippen molar-refractivity contribution in [3.8, 4) is 0 Å². The lowest BCUT2D eigenvalue weighted by molar-refractivity contribution is 0.0148. The highest BCUT2D eigenvalue weighted by molar-refractivity contribution is 5.89. The maximum Gasteiger partial charge on any atom is 0.338 e. The van der Waals surface area contributed by atoms with Gasteiger partial charge in [-0.05, 0) is 44.4 Å². The van der Waals surface area contributed by atoms with E-state index in [4.69, 9.17) is 4.74 Å². The van der Waals surface area contributed by atoms with E-state index in [1.807, 2.05) is 30.3 Å². The molecule has 2 fully saturated rings. The Morgan fingerprint density at radius 1 is 1.22 bits per heavy atom. The summed E-state index contributed by atoms with van der Waals surface area (Å²) in [6.07, 6.45) is 3.40. The highest BCUT2D eigenvalue weighted by Gasteiger charge is 2.39. The van der Waals surface area contributed by atoms with Crippen LogP contribution in [0.25, 0.3) is 0 Å². The molecule has 1 aromatic carbocycles. The molecule has 0 N–H and O–H groups in total. The van der Waals surface area contributed by atoms with Crippen molar-refractivity contribution >= 4 is 5.97 Å². The van der Waals surface area contributed by atoms with Crippen molar-refractivity contribution in [3.63, 3.8) is 0 Å². The lowest BCUT2D eigenvalue weighted by Crippen LogP contribution is -2.32. The van der Waals surface area contributed by atoms with Crippen molar-refractivity contribution in [3.05, 3.63) is 35.9 Å². The first-order chi connectivity index (χ1) is 8.72. The average molecular weight is 245 g/mol. The number of carbonyl (C=O) groups excluding carboxylic acids is 1. The summed E-state index contributed by atoms with van der Waals surface area (Å²) in [5.41, 5.74) is 0.656. The summed E-state index contributed by atoms with van der Waals surface area (Å²) in [4.78, 5) is 14.4. The summed E-state index contributed by atoms with van der Waals surface area (Å²) >= 11 is 0. The Morgan fingerprint density at radius 3 is 2.72 bits per heavy atom. The van der Waals surface area contributed by atoms with Crippen molar-refractivity contribution in [2.24, 2.45) is 5.92 Å². The van der Waals surface area contributed by atoms with Gasteiger partial charge in [0.2, 0.25) is 0 Å². The molecule has 0 amide bonds. The Hall–Kier alpha value is -1.35. The van der Waals surface area contributed by atoms with Crippen LogP contribution in [0.4, 0.5) is 0 Å². The van der Waals surface area contributed by atoms with Gasteiger partial charge in [0.05, 0.1) is 5.56 Å². The second kappa shape index (κ2) is 4.73. The fraction of sp³-hybridized carbons (Fsp3) is 0.533. The van der Waals surface area contributed by atoms with Crippen molar-refractivity contribution in [2.45, 2.75) is 31.4 Å². The first-order valence-electron chi connectivity index (χ1n) is 6.68. The largest absolute Gasteiger partial charge is 0.459 e. The molecule has 1 heterocycles.